The molecular weight excluding hydrogens is 360 g/mol. The lowest BCUT2D eigenvalue weighted by atomic mass is 10.2. The summed E-state index contributed by atoms with van der Waals surface area (Å²) < 4.78 is 7.29. The average molecular weight is 374 g/mol. The molecule has 1 N–H and O–H groups in total. The van der Waals surface area contributed by atoms with Crippen molar-refractivity contribution >= 4 is 40.1 Å². The van der Waals surface area contributed by atoms with Gasteiger partial charge in [0.2, 0.25) is 5.91 Å². The maximum absolute atomic E-state index is 11.9. The molecular formula is C16H14N4O3S2. The van der Waals surface area contributed by atoms with Crippen molar-refractivity contribution in [3.63, 3.8) is 0 Å². The summed E-state index contributed by atoms with van der Waals surface area (Å²) in [7, 11) is 1.35. The van der Waals surface area contributed by atoms with Crippen molar-refractivity contribution < 1.29 is 14.3 Å². The maximum atomic E-state index is 11.9. The third-order valence-electron chi connectivity index (χ3n) is 3.11. The number of esters is 1. The number of nitrogens with zero attached hydrogens (tertiary/aromatic N) is 3. The molecule has 3 aromatic rings. The van der Waals surface area contributed by atoms with Gasteiger partial charge < -0.3 is 14.6 Å². The summed E-state index contributed by atoms with van der Waals surface area (Å²) in [6.07, 6.45) is 6.63. The van der Waals surface area contributed by atoms with Gasteiger partial charge in [-0.15, -0.1) is 0 Å². The van der Waals surface area contributed by atoms with Crippen LogP contribution in [0.15, 0.2) is 58.3 Å². The molecule has 7 nitrogen and oxygen atoms in total. The van der Waals surface area contributed by atoms with E-state index < -0.39 is 0 Å². The summed E-state index contributed by atoms with van der Waals surface area (Å²) >= 11 is 2.89. The Morgan fingerprint density at radius 1 is 1.32 bits per heavy atom. The molecule has 0 aliphatic heterocycles. The number of rotatable bonds is 6. The maximum Gasteiger partial charge on any atom is 0.337 e. The minimum Gasteiger partial charge on any atom is -0.465 e. The molecule has 128 valence electrons. The number of methoxy groups -OCH3 is 1. The van der Waals surface area contributed by atoms with Crippen LogP contribution in [0, 0.1) is 0 Å². The van der Waals surface area contributed by atoms with Crippen LogP contribution < -0.4 is 5.32 Å². The fraction of sp³-hybridized carbons (Fsp3) is 0.125. The van der Waals surface area contributed by atoms with Crippen LogP contribution in [-0.4, -0.2) is 33.5 Å². The Kier molecular flexibility index (Phi) is 5.46. The first kappa shape index (κ1) is 17.2. The Labute approximate surface area is 152 Å². The summed E-state index contributed by atoms with van der Waals surface area (Å²) in [6, 6.07) is 7.11. The number of ether oxygens (including phenoxy) is 1. The van der Waals surface area contributed by atoms with Gasteiger partial charge in [-0.3, -0.25) is 4.79 Å². The van der Waals surface area contributed by atoms with Crippen molar-refractivity contribution in [2.45, 2.75) is 15.6 Å². The molecule has 1 amide bonds. The molecule has 9 heteroatoms. The third kappa shape index (κ3) is 4.68. The predicted molar refractivity (Wildman–Crippen MR) is 94.9 cm³/mol. The van der Waals surface area contributed by atoms with E-state index in [-0.39, 0.29) is 18.4 Å². The summed E-state index contributed by atoms with van der Waals surface area (Å²) in [5, 5.41) is 3.30. The molecule has 0 aliphatic carbocycles. The zero-order valence-electron chi connectivity index (χ0n) is 13.2. The number of thiazole rings is 1. The van der Waals surface area contributed by atoms with Crippen molar-refractivity contribution in [1.82, 2.24) is 14.5 Å². The van der Waals surface area contributed by atoms with Crippen LogP contribution in [0.5, 0.6) is 0 Å². The number of aromatic nitrogens is 3. The molecule has 0 fully saturated rings. The molecule has 0 aliphatic rings. The van der Waals surface area contributed by atoms with E-state index in [4.69, 9.17) is 0 Å². The lowest BCUT2D eigenvalue weighted by molar-refractivity contribution is -0.116. The number of carbonyl (C=O) groups excluding carboxylic acids is 2. The van der Waals surface area contributed by atoms with Gasteiger partial charge in [0, 0.05) is 17.3 Å². The molecule has 0 saturated carbocycles. The quantitative estimate of drug-likeness (QED) is 0.668. The molecule has 0 saturated heterocycles. The smallest absolute Gasteiger partial charge is 0.337 e. The lowest BCUT2D eigenvalue weighted by Gasteiger charge is -2.02. The van der Waals surface area contributed by atoms with E-state index in [0.29, 0.717) is 10.7 Å². The van der Waals surface area contributed by atoms with E-state index >= 15 is 0 Å². The Balaban J connectivity index is 1.58. The number of amides is 1. The fourth-order valence-electron chi connectivity index (χ4n) is 1.96. The Morgan fingerprint density at radius 3 is 2.80 bits per heavy atom. The van der Waals surface area contributed by atoms with Crippen molar-refractivity contribution in [3.05, 3.63) is 54.7 Å². The van der Waals surface area contributed by atoms with Crippen LogP contribution in [0.25, 0.3) is 0 Å². The standard InChI is InChI=1S/C16H14N4O3S2/c1-23-15(22)11-2-4-12(5-3-11)24-14-8-18-16(25-14)19-13(21)9-20-7-6-17-10-20/h2-8,10H,9H2,1H3,(H,18,19,21). The Morgan fingerprint density at radius 2 is 2.12 bits per heavy atom. The van der Waals surface area contributed by atoms with Crippen molar-refractivity contribution in [3.8, 4) is 0 Å². The first-order valence-corrected chi connectivity index (χ1v) is 8.85. The van der Waals surface area contributed by atoms with Gasteiger partial charge in [0.05, 0.1) is 29.4 Å². The highest BCUT2D eigenvalue weighted by Crippen LogP contribution is 2.34. The summed E-state index contributed by atoms with van der Waals surface area (Å²) in [5.74, 6) is -0.524. The number of hydrogen-bond acceptors (Lipinski definition) is 7. The van der Waals surface area contributed by atoms with Crippen molar-refractivity contribution in [2.24, 2.45) is 0 Å². The first-order valence-electron chi connectivity index (χ1n) is 7.21. The molecule has 0 spiro atoms. The minimum atomic E-state index is -0.364. The number of hydrogen-bond donors (Lipinski definition) is 1. The zero-order chi connectivity index (χ0) is 17.6. The third-order valence-corrected chi connectivity index (χ3v) is 5.13. The van der Waals surface area contributed by atoms with Crippen LogP contribution >= 0.6 is 23.1 Å². The van der Waals surface area contributed by atoms with Crippen LogP contribution in [0.2, 0.25) is 0 Å². The molecule has 0 unspecified atom stereocenters. The Bertz CT molecular complexity index is 860. The van der Waals surface area contributed by atoms with Crippen LogP contribution in [0.4, 0.5) is 5.13 Å². The predicted octanol–water partition coefficient (Wildman–Crippen LogP) is 2.92. The van der Waals surface area contributed by atoms with E-state index in [1.54, 1.807) is 41.6 Å². The number of imidazole rings is 1. The van der Waals surface area contributed by atoms with Gasteiger partial charge in [0.25, 0.3) is 0 Å². The summed E-state index contributed by atoms with van der Waals surface area (Å²) in [4.78, 5) is 32.4. The SMILES string of the molecule is COC(=O)c1ccc(Sc2cnc(NC(=O)Cn3ccnc3)s2)cc1. The summed E-state index contributed by atoms with van der Waals surface area (Å²) in [6.45, 7) is 0.192. The second-order valence-corrected chi connectivity index (χ2v) is 7.29. The second-order valence-electron chi connectivity index (χ2n) is 4.89. The van der Waals surface area contributed by atoms with E-state index in [9.17, 15) is 9.59 Å². The first-order chi connectivity index (χ1) is 12.1. The number of carbonyl (C=O) groups is 2. The van der Waals surface area contributed by atoms with Gasteiger partial charge in [-0.25, -0.2) is 14.8 Å². The van der Waals surface area contributed by atoms with Crippen LogP contribution in [-0.2, 0) is 16.1 Å². The molecule has 3 rings (SSSR count). The molecule has 2 aromatic heterocycles. The number of benzene rings is 1. The monoisotopic (exact) mass is 374 g/mol. The minimum absolute atomic E-state index is 0.161. The normalized spacial score (nSPS) is 10.4. The van der Waals surface area contributed by atoms with E-state index in [2.05, 4.69) is 20.0 Å². The topological polar surface area (TPSA) is 86.1 Å². The van der Waals surface area contributed by atoms with E-state index in [1.807, 2.05) is 12.1 Å². The van der Waals surface area contributed by atoms with Gasteiger partial charge in [0.1, 0.15) is 6.54 Å². The molecule has 0 bridgehead atoms. The Hall–Kier alpha value is -2.65. The van der Waals surface area contributed by atoms with Gasteiger partial charge in [0.15, 0.2) is 5.13 Å². The highest BCUT2D eigenvalue weighted by molar-refractivity contribution is 8.01. The van der Waals surface area contributed by atoms with E-state index in [0.717, 1.165) is 9.10 Å². The highest BCUT2D eigenvalue weighted by atomic mass is 32.2. The molecule has 25 heavy (non-hydrogen) atoms. The number of anilines is 1. The molecule has 0 radical (unpaired) electrons. The van der Waals surface area contributed by atoms with Gasteiger partial charge >= 0.3 is 5.97 Å². The van der Waals surface area contributed by atoms with Gasteiger partial charge in [-0.2, -0.15) is 0 Å². The van der Waals surface area contributed by atoms with E-state index in [1.165, 1.54) is 30.2 Å². The van der Waals surface area contributed by atoms with Crippen molar-refractivity contribution in [1.29, 1.82) is 0 Å². The van der Waals surface area contributed by atoms with Gasteiger partial charge in [-0.1, -0.05) is 23.1 Å². The second kappa shape index (κ2) is 7.95. The van der Waals surface area contributed by atoms with Crippen molar-refractivity contribution in [2.75, 3.05) is 12.4 Å². The van der Waals surface area contributed by atoms with Gasteiger partial charge in [-0.05, 0) is 24.3 Å². The summed E-state index contributed by atoms with van der Waals surface area (Å²) in [5.41, 5.74) is 0.503. The molecule has 2 heterocycles. The molecule has 0 atom stereocenters. The lowest BCUT2D eigenvalue weighted by Crippen LogP contribution is -2.17. The average Bonchev–Trinajstić information content (AvgIpc) is 3.27. The fourth-order valence-corrected chi connectivity index (χ4v) is 3.83. The van der Waals surface area contributed by atoms with Crippen LogP contribution in [0.1, 0.15) is 10.4 Å². The molecule has 1 aromatic carbocycles. The number of nitrogens with one attached hydrogen (secondary N) is 1. The largest absolute Gasteiger partial charge is 0.465 e. The van der Waals surface area contributed by atoms with Crippen LogP contribution in [0.3, 0.4) is 0 Å². The zero-order valence-corrected chi connectivity index (χ0v) is 14.8. The highest BCUT2D eigenvalue weighted by Gasteiger charge is 2.09.